The van der Waals surface area contributed by atoms with E-state index in [1.807, 2.05) is 0 Å². The third-order valence-electron chi connectivity index (χ3n) is 3.63. The standard InChI is InChI=1S/C14H18ClFO/c15-12-9-11(7-8-13(12)16)14(17)10-5-3-1-2-4-6-10/h7-10,14,17H,1-6H2/t14-/m0/s1. The van der Waals surface area contributed by atoms with Crippen LogP contribution in [0.4, 0.5) is 4.39 Å². The fourth-order valence-corrected chi connectivity index (χ4v) is 2.78. The minimum Gasteiger partial charge on any atom is -0.388 e. The third kappa shape index (κ3) is 3.20. The van der Waals surface area contributed by atoms with E-state index in [0.29, 0.717) is 5.92 Å². The highest BCUT2D eigenvalue weighted by atomic mass is 35.5. The van der Waals surface area contributed by atoms with Crippen molar-refractivity contribution in [3.63, 3.8) is 0 Å². The summed E-state index contributed by atoms with van der Waals surface area (Å²) in [4.78, 5) is 0. The second-order valence-electron chi connectivity index (χ2n) is 4.87. The minimum absolute atomic E-state index is 0.0928. The van der Waals surface area contributed by atoms with Gasteiger partial charge >= 0.3 is 0 Å². The number of rotatable bonds is 2. The number of hydrogen-bond donors (Lipinski definition) is 1. The van der Waals surface area contributed by atoms with Gasteiger partial charge in [0.25, 0.3) is 0 Å². The lowest BCUT2D eigenvalue weighted by molar-refractivity contribution is 0.0987. The van der Waals surface area contributed by atoms with E-state index >= 15 is 0 Å². The van der Waals surface area contributed by atoms with E-state index in [4.69, 9.17) is 11.6 Å². The van der Waals surface area contributed by atoms with Crippen molar-refractivity contribution in [2.75, 3.05) is 0 Å². The number of halogens is 2. The van der Waals surface area contributed by atoms with Gasteiger partial charge in [-0.25, -0.2) is 4.39 Å². The molecule has 3 heteroatoms. The lowest BCUT2D eigenvalue weighted by atomic mass is 9.89. The summed E-state index contributed by atoms with van der Waals surface area (Å²) in [5.41, 5.74) is 0.739. The van der Waals surface area contributed by atoms with E-state index in [1.54, 1.807) is 12.1 Å². The predicted octanol–water partition coefficient (Wildman–Crippen LogP) is 4.48. The van der Waals surface area contributed by atoms with Crippen molar-refractivity contribution in [2.45, 2.75) is 44.6 Å². The molecule has 0 aromatic heterocycles. The molecule has 0 aliphatic heterocycles. The Labute approximate surface area is 107 Å². The molecule has 0 amide bonds. The van der Waals surface area contributed by atoms with Crippen molar-refractivity contribution in [1.82, 2.24) is 0 Å². The highest BCUT2D eigenvalue weighted by Crippen LogP contribution is 2.34. The summed E-state index contributed by atoms with van der Waals surface area (Å²) in [6, 6.07) is 4.51. The van der Waals surface area contributed by atoms with Gasteiger partial charge in [0.2, 0.25) is 0 Å². The molecule has 1 atom stereocenters. The van der Waals surface area contributed by atoms with Crippen LogP contribution in [0.3, 0.4) is 0 Å². The second-order valence-corrected chi connectivity index (χ2v) is 5.28. The van der Waals surface area contributed by atoms with Crippen molar-refractivity contribution < 1.29 is 9.50 Å². The van der Waals surface area contributed by atoms with Crippen molar-refractivity contribution in [1.29, 1.82) is 0 Å². The van der Waals surface area contributed by atoms with Crippen LogP contribution in [0.25, 0.3) is 0 Å². The van der Waals surface area contributed by atoms with Crippen molar-refractivity contribution >= 4 is 11.6 Å². The summed E-state index contributed by atoms with van der Waals surface area (Å²) in [7, 11) is 0. The fourth-order valence-electron chi connectivity index (χ4n) is 2.60. The molecule has 0 spiro atoms. The zero-order chi connectivity index (χ0) is 12.3. The van der Waals surface area contributed by atoms with E-state index in [0.717, 1.165) is 18.4 Å². The lowest BCUT2D eigenvalue weighted by Crippen LogP contribution is -2.12. The third-order valence-corrected chi connectivity index (χ3v) is 3.92. The van der Waals surface area contributed by atoms with Crippen LogP contribution in [0.15, 0.2) is 18.2 Å². The molecule has 2 rings (SSSR count). The van der Waals surface area contributed by atoms with Gasteiger partial charge in [0, 0.05) is 0 Å². The molecule has 1 aliphatic carbocycles. The van der Waals surface area contributed by atoms with Gasteiger partial charge in [-0.15, -0.1) is 0 Å². The molecule has 94 valence electrons. The number of aliphatic hydroxyl groups is 1. The summed E-state index contributed by atoms with van der Waals surface area (Å²) in [5, 5.41) is 10.4. The van der Waals surface area contributed by atoms with Crippen LogP contribution in [-0.2, 0) is 0 Å². The maximum atomic E-state index is 13.1. The maximum Gasteiger partial charge on any atom is 0.141 e. The minimum atomic E-state index is -0.508. The molecular weight excluding hydrogens is 239 g/mol. The normalized spacial score (nSPS) is 19.9. The van der Waals surface area contributed by atoms with Crippen LogP contribution in [0.1, 0.15) is 50.2 Å². The monoisotopic (exact) mass is 256 g/mol. The predicted molar refractivity (Wildman–Crippen MR) is 67.6 cm³/mol. The van der Waals surface area contributed by atoms with E-state index < -0.39 is 11.9 Å². The van der Waals surface area contributed by atoms with Gasteiger partial charge in [-0.1, -0.05) is 43.4 Å². The molecule has 1 aromatic rings. The summed E-state index contributed by atoms with van der Waals surface area (Å²) in [6.45, 7) is 0. The molecule has 1 aliphatic rings. The summed E-state index contributed by atoms with van der Waals surface area (Å²) >= 11 is 5.74. The Morgan fingerprint density at radius 2 is 1.82 bits per heavy atom. The summed E-state index contributed by atoms with van der Waals surface area (Å²) in [5.74, 6) is -0.137. The molecule has 0 saturated heterocycles. The van der Waals surface area contributed by atoms with Crippen LogP contribution in [0.5, 0.6) is 0 Å². The van der Waals surface area contributed by atoms with E-state index in [2.05, 4.69) is 0 Å². The van der Waals surface area contributed by atoms with Gasteiger partial charge in [-0.05, 0) is 36.5 Å². The molecule has 17 heavy (non-hydrogen) atoms. The molecule has 0 heterocycles. The van der Waals surface area contributed by atoms with Crippen molar-refractivity contribution in [3.05, 3.63) is 34.6 Å². The average Bonchev–Trinajstić information content (AvgIpc) is 2.60. The smallest absolute Gasteiger partial charge is 0.141 e. The fraction of sp³-hybridized carbons (Fsp3) is 0.571. The number of hydrogen-bond acceptors (Lipinski definition) is 1. The Hall–Kier alpha value is -0.600. The quantitative estimate of drug-likeness (QED) is 0.774. The van der Waals surface area contributed by atoms with Gasteiger partial charge in [0.1, 0.15) is 5.82 Å². The lowest BCUT2D eigenvalue weighted by Gasteiger charge is -2.21. The average molecular weight is 257 g/mol. The first-order chi connectivity index (χ1) is 8.18. The van der Waals surface area contributed by atoms with E-state index in [-0.39, 0.29) is 5.02 Å². The Kier molecular flexibility index (Phi) is 4.41. The SMILES string of the molecule is O[C@H](c1ccc(F)c(Cl)c1)C1CCCCCC1. The highest BCUT2D eigenvalue weighted by Gasteiger charge is 2.22. The van der Waals surface area contributed by atoms with E-state index in [1.165, 1.54) is 31.7 Å². The number of benzene rings is 1. The van der Waals surface area contributed by atoms with Crippen LogP contribution in [0, 0.1) is 11.7 Å². The Bertz CT molecular complexity index is 372. The number of aliphatic hydroxyl groups excluding tert-OH is 1. The first-order valence-corrected chi connectivity index (χ1v) is 6.69. The molecule has 1 fully saturated rings. The van der Waals surface area contributed by atoms with Gasteiger partial charge in [-0.2, -0.15) is 0 Å². The largest absolute Gasteiger partial charge is 0.388 e. The van der Waals surface area contributed by atoms with Gasteiger partial charge in [0.05, 0.1) is 11.1 Å². The van der Waals surface area contributed by atoms with Crippen LogP contribution in [0.2, 0.25) is 5.02 Å². The maximum absolute atomic E-state index is 13.1. The van der Waals surface area contributed by atoms with Crippen LogP contribution in [-0.4, -0.2) is 5.11 Å². The Balaban J connectivity index is 2.11. The molecular formula is C14H18ClFO. The zero-order valence-electron chi connectivity index (χ0n) is 9.83. The van der Waals surface area contributed by atoms with E-state index in [9.17, 15) is 9.50 Å². The molecule has 1 N–H and O–H groups in total. The Morgan fingerprint density at radius 3 is 2.41 bits per heavy atom. The van der Waals surface area contributed by atoms with Crippen molar-refractivity contribution in [3.8, 4) is 0 Å². The molecule has 1 saturated carbocycles. The topological polar surface area (TPSA) is 20.2 Å². The highest BCUT2D eigenvalue weighted by molar-refractivity contribution is 6.30. The first-order valence-electron chi connectivity index (χ1n) is 6.31. The molecule has 0 bridgehead atoms. The summed E-state index contributed by atoms with van der Waals surface area (Å²) in [6.07, 6.45) is 6.46. The van der Waals surface area contributed by atoms with Gasteiger partial charge in [0.15, 0.2) is 0 Å². The molecule has 0 unspecified atom stereocenters. The van der Waals surface area contributed by atoms with Crippen molar-refractivity contribution in [2.24, 2.45) is 5.92 Å². The molecule has 1 aromatic carbocycles. The molecule has 0 radical (unpaired) electrons. The van der Waals surface area contributed by atoms with Gasteiger partial charge in [-0.3, -0.25) is 0 Å². The van der Waals surface area contributed by atoms with Crippen LogP contribution >= 0.6 is 11.6 Å². The second kappa shape index (κ2) is 5.83. The first kappa shape index (κ1) is 12.8. The zero-order valence-corrected chi connectivity index (χ0v) is 10.6. The Morgan fingerprint density at radius 1 is 1.18 bits per heavy atom. The van der Waals surface area contributed by atoms with Gasteiger partial charge < -0.3 is 5.11 Å². The summed E-state index contributed by atoms with van der Waals surface area (Å²) < 4.78 is 13.1. The molecule has 1 nitrogen and oxygen atoms in total. The van der Waals surface area contributed by atoms with Crippen LogP contribution < -0.4 is 0 Å².